The van der Waals surface area contributed by atoms with Crippen molar-refractivity contribution in [3.63, 3.8) is 0 Å². The van der Waals surface area contributed by atoms with E-state index in [9.17, 15) is 8.42 Å². The Balaban J connectivity index is 2.34. The smallest absolute Gasteiger partial charge is 0.182 e. The highest BCUT2D eigenvalue weighted by molar-refractivity contribution is 7.90. The van der Waals surface area contributed by atoms with Gasteiger partial charge in [0, 0.05) is 5.56 Å². The van der Waals surface area contributed by atoms with Crippen LogP contribution in [0.15, 0.2) is 59.5 Å². The summed E-state index contributed by atoms with van der Waals surface area (Å²) < 4.78 is 29.6. The van der Waals surface area contributed by atoms with Crippen LogP contribution >= 0.6 is 0 Å². The third-order valence-electron chi connectivity index (χ3n) is 2.64. The van der Waals surface area contributed by atoms with E-state index in [0.29, 0.717) is 16.2 Å². The van der Waals surface area contributed by atoms with E-state index in [-0.39, 0.29) is 5.75 Å². The predicted molar refractivity (Wildman–Crippen MR) is 70.3 cm³/mol. The first-order chi connectivity index (χ1) is 8.63. The minimum atomic E-state index is -3.33. The number of ether oxygens (including phenoxy) is 1. The number of methoxy groups -OCH3 is 1. The zero-order valence-electron chi connectivity index (χ0n) is 10.0. The number of hydrogen-bond acceptors (Lipinski definition) is 3. The average Bonchev–Trinajstić information content (AvgIpc) is 2.40. The summed E-state index contributed by atoms with van der Waals surface area (Å²) in [5.41, 5.74) is 0.670. The number of para-hydroxylation sites is 1. The van der Waals surface area contributed by atoms with Crippen LogP contribution < -0.4 is 4.74 Å². The van der Waals surface area contributed by atoms with Gasteiger partial charge in [0.05, 0.1) is 17.8 Å². The van der Waals surface area contributed by atoms with Crippen LogP contribution in [-0.2, 0) is 15.6 Å². The number of sulfone groups is 1. The fourth-order valence-corrected chi connectivity index (χ4v) is 3.12. The van der Waals surface area contributed by atoms with Crippen LogP contribution in [0.1, 0.15) is 5.56 Å². The summed E-state index contributed by atoms with van der Waals surface area (Å²) in [6, 6.07) is 15.6. The van der Waals surface area contributed by atoms with Gasteiger partial charge in [-0.05, 0) is 18.2 Å². The van der Waals surface area contributed by atoms with Crippen LogP contribution in [0.3, 0.4) is 0 Å². The van der Waals surface area contributed by atoms with Crippen molar-refractivity contribution >= 4 is 9.84 Å². The van der Waals surface area contributed by atoms with Gasteiger partial charge in [-0.1, -0.05) is 36.4 Å². The summed E-state index contributed by atoms with van der Waals surface area (Å²) in [5.74, 6) is 0.540. The molecule has 0 amide bonds. The van der Waals surface area contributed by atoms with Gasteiger partial charge in [-0.2, -0.15) is 0 Å². The molecule has 0 radical (unpaired) electrons. The van der Waals surface area contributed by atoms with Crippen molar-refractivity contribution in [3.05, 3.63) is 60.2 Å². The Morgan fingerprint density at radius 1 is 0.944 bits per heavy atom. The first-order valence-corrected chi connectivity index (χ1v) is 7.18. The Bertz CT molecular complexity index is 618. The molecule has 0 unspecified atom stereocenters. The molecule has 0 aromatic heterocycles. The predicted octanol–water partition coefficient (Wildman–Crippen LogP) is 2.67. The Labute approximate surface area is 107 Å². The summed E-state index contributed by atoms with van der Waals surface area (Å²) in [5, 5.41) is 0. The molecule has 18 heavy (non-hydrogen) atoms. The van der Waals surface area contributed by atoms with E-state index in [4.69, 9.17) is 4.74 Å². The van der Waals surface area contributed by atoms with Crippen molar-refractivity contribution in [2.45, 2.75) is 10.6 Å². The van der Waals surface area contributed by atoms with Gasteiger partial charge in [-0.15, -0.1) is 0 Å². The molecule has 0 N–H and O–H groups in total. The van der Waals surface area contributed by atoms with Crippen molar-refractivity contribution < 1.29 is 13.2 Å². The monoisotopic (exact) mass is 262 g/mol. The molecule has 0 fully saturated rings. The van der Waals surface area contributed by atoms with E-state index in [1.54, 1.807) is 48.5 Å². The minimum absolute atomic E-state index is 0.0545. The Hall–Kier alpha value is -1.81. The zero-order chi connectivity index (χ0) is 13.0. The number of benzene rings is 2. The molecule has 3 nitrogen and oxygen atoms in total. The fraction of sp³-hybridized carbons (Fsp3) is 0.143. The SMILES string of the molecule is COc1ccccc1CS(=O)(=O)c1ccccc1. The second-order valence-electron chi connectivity index (χ2n) is 3.88. The lowest BCUT2D eigenvalue weighted by atomic mass is 10.2. The molecular formula is C14H14O3S. The van der Waals surface area contributed by atoms with Gasteiger partial charge in [0.1, 0.15) is 5.75 Å². The molecule has 0 aliphatic carbocycles. The summed E-state index contributed by atoms with van der Waals surface area (Å²) in [6.45, 7) is 0. The van der Waals surface area contributed by atoms with Crippen LogP contribution in [-0.4, -0.2) is 15.5 Å². The fourth-order valence-electron chi connectivity index (χ4n) is 1.74. The highest BCUT2D eigenvalue weighted by atomic mass is 32.2. The molecule has 2 aromatic rings. The van der Waals surface area contributed by atoms with Gasteiger partial charge in [0.15, 0.2) is 9.84 Å². The second kappa shape index (κ2) is 5.23. The summed E-state index contributed by atoms with van der Waals surface area (Å²) in [6.07, 6.45) is 0. The first-order valence-electron chi connectivity index (χ1n) is 5.53. The van der Waals surface area contributed by atoms with Gasteiger partial charge in [-0.25, -0.2) is 8.42 Å². The summed E-state index contributed by atoms with van der Waals surface area (Å²) in [4.78, 5) is 0.330. The average molecular weight is 262 g/mol. The van der Waals surface area contributed by atoms with Crippen molar-refractivity contribution in [3.8, 4) is 5.75 Å². The molecule has 2 rings (SSSR count). The van der Waals surface area contributed by atoms with E-state index < -0.39 is 9.84 Å². The molecule has 94 valence electrons. The maximum atomic E-state index is 12.2. The van der Waals surface area contributed by atoms with Crippen molar-refractivity contribution in [2.24, 2.45) is 0 Å². The minimum Gasteiger partial charge on any atom is -0.496 e. The molecular weight excluding hydrogens is 248 g/mol. The third kappa shape index (κ3) is 2.71. The van der Waals surface area contributed by atoms with E-state index in [2.05, 4.69) is 0 Å². The molecule has 0 saturated carbocycles. The molecule has 4 heteroatoms. The normalized spacial score (nSPS) is 11.2. The lowest BCUT2D eigenvalue weighted by Gasteiger charge is -2.08. The van der Waals surface area contributed by atoms with Gasteiger partial charge in [-0.3, -0.25) is 0 Å². The largest absolute Gasteiger partial charge is 0.496 e. The quantitative estimate of drug-likeness (QED) is 0.850. The molecule has 0 aliphatic heterocycles. The Kier molecular flexibility index (Phi) is 3.67. The highest BCUT2D eigenvalue weighted by Gasteiger charge is 2.16. The summed E-state index contributed by atoms with van der Waals surface area (Å²) >= 11 is 0. The lowest BCUT2D eigenvalue weighted by molar-refractivity contribution is 0.411. The molecule has 0 heterocycles. The van der Waals surface area contributed by atoms with Crippen molar-refractivity contribution in [2.75, 3.05) is 7.11 Å². The van der Waals surface area contributed by atoms with Crippen LogP contribution in [0.25, 0.3) is 0 Å². The van der Waals surface area contributed by atoms with Crippen molar-refractivity contribution in [1.29, 1.82) is 0 Å². The van der Waals surface area contributed by atoms with Gasteiger partial charge in [0.25, 0.3) is 0 Å². The molecule has 2 aromatic carbocycles. The first kappa shape index (κ1) is 12.6. The van der Waals surface area contributed by atoms with Gasteiger partial charge in [0.2, 0.25) is 0 Å². The lowest BCUT2D eigenvalue weighted by Crippen LogP contribution is -2.05. The topological polar surface area (TPSA) is 43.4 Å². The second-order valence-corrected chi connectivity index (χ2v) is 5.87. The maximum absolute atomic E-state index is 12.2. The molecule has 0 aliphatic rings. The van der Waals surface area contributed by atoms with E-state index in [0.717, 1.165) is 0 Å². The summed E-state index contributed by atoms with van der Waals surface area (Å²) in [7, 11) is -1.79. The molecule has 0 saturated heterocycles. The zero-order valence-corrected chi connectivity index (χ0v) is 10.9. The van der Waals surface area contributed by atoms with Gasteiger partial charge < -0.3 is 4.74 Å². The molecule has 0 spiro atoms. The molecule has 0 bridgehead atoms. The van der Waals surface area contributed by atoms with E-state index in [1.165, 1.54) is 7.11 Å². The number of rotatable bonds is 4. The van der Waals surface area contributed by atoms with Gasteiger partial charge >= 0.3 is 0 Å². The Morgan fingerprint density at radius 2 is 1.56 bits per heavy atom. The Morgan fingerprint density at radius 3 is 2.22 bits per heavy atom. The maximum Gasteiger partial charge on any atom is 0.182 e. The highest BCUT2D eigenvalue weighted by Crippen LogP contribution is 2.23. The van der Waals surface area contributed by atoms with E-state index in [1.807, 2.05) is 6.07 Å². The van der Waals surface area contributed by atoms with Crippen LogP contribution in [0.4, 0.5) is 0 Å². The van der Waals surface area contributed by atoms with E-state index >= 15 is 0 Å². The molecule has 0 atom stereocenters. The van der Waals surface area contributed by atoms with Crippen LogP contribution in [0.2, 0.25) is 0 Å². The van der Waals surface area contributed by atoms with Crippen molar-refractivity contribution in [1.82, 2.24) is 0 Å². The number of hydrogen-bond donors (Lipinski definition) is 0. The van der Waals surface area contributed by atoms with Crippen LogP contribution in [0.5, 0.6) is 5.75 Å². The van der Waals surface area contributed by atoms with Crippen LogP contribution in [0, 0.1) is 0 Å². The standard InChI is InChI=1S/C14H14O3S/c1-17-14-10-6-5-7-12(14)11-18(15,16)13-8-3-2-4-9-13/h2-10H,11H2,1H3. The third-order valence-corrected chi connectivity index (χ3v) is 4.32.